The van der Waals surface area contributed by atoms with E-state index in [1.807, 2.05) is 5.43 Å². The van der Waals surface area contributed by atoms with Crippen LogP contribution in [0.4, 0.5) is 5.95 Å². The monoisotopic (exact) mass is 184 g/mol. The summed E-state index contributed by atoms with van der Waals surface area (Å²) in [6, 6.07) is 0. The minimum Gasteiger partial charge on any atom is -0.294 e. The third-order valence-corrected chi connectivity index (χ3v) is 1.31. The molecule has 0 aromatic carbocycles. The molecule has 0 aliphatic carbocycles. The number of aromatic nitrogens is 2. The van der Waals surface area contributed by atoms with Crippen molar-refractivity contribution in [3.8, 4) is 0 Å². The SMILES string of the molecule is NNC(=O)c1cnc(NN)[nH]c1=O. The van der Waals surface area contributed by atoms with Crippen LogP contribution in [-0.4, -0.2) is 15.9 Å². The fourth-order valence-corrected chi connectivity index (χ4v) is 0.708. The fourth-order valence-electron chi connectivity index (χ4n) is 0.708. The average molecular weight is 184 g/mol. The summed E-state index contributed by atoms with van der Waals surface area (Å²) in [5.41, 5.74) is 3.13. The lowest BCUT2D eigenvalue weighted by molar-refractivity contribution is 0.0952. The van der Waals surface area contributed by atoms with Crippen molar-refractivity contribution < 1.29 is 4.79 Å². The number of amides is 1. The number of nitrogen functional groups attached to an aromatic ring is 2. The highest BCUT2D eigenvalue weighted by Crippen LogP contribution is 1.91. The smallest absolute Gasteiger partial charge is 0.272 e. The molecule has 1 heterocycles. The first kappa shape index (κ1) is 9.16. The zero-order valence-corrected chi connectivity index (χ0v) is 6.50. The normalized spacial score (nSPS) is 9.38. The first-order valence-corrected chi connectivity index (χ1v) is 3.26. The van der Waals surface area contributed by atoms with Gasteiger partial charge in [0, 0.05) is 6.20 Å². The van der Waals surface area contributed by atoms with Gasteiger partial charge in [-0.3, -0.25) is 25.4 Å². The van der Waals surface area contributed by atoms with Gasteiger partial charge < -0.3 is 0 Å². The number of nitrogens with one attached hydrogen (secondary N) is 3. The number of hydrogen-bond donors (Lipinski definition) is 5. The van der Waals surface area contributed by atoms with Crippen molar-refractivity contribution in [2.75, 3.05) is 5.43 Å². The van der Waals surface area contributed by atoms with Gasteiger partial charge in [0.15, 0.2) is 0 Å². The molecule has 1 aromatic rings. The molecular formula is C5H8N6O2. The number of anilines is 1. The van der Waals surface area contributed by atoms with Gasteiger partial charge in [0.2, 0.25) is 5.95 Å². The van der Waals surface area contributed by atoms with E-state index >= 15 is 0 Å². The molecule has 0 aliphatic rings. The van der Waals surface area contributed by atoms with E-state index < -0.39 is 11.5 Å². The fraction of sp³-hybridized carbons (Fsp3) is 0. The third kappa shape index (κ3) is 1.80. The van der Waals surface area contributed by atoms with Gasteiger partial charge in [0.25, 0.3) is 11.5 Å². The van der Waals surface area contributed by atoms with Gasteiger partial charge in [-0.15, -0.1) is 0 Å². The number of aromatic amines is 1. The van der Waals surface area contributed by atoms with Crippen molar-refractivity contribution in [1.29, 1.82) is 0 Å². The van der Waals surface area contributed by atoms with Crippen molar-refractivity contribution in [3.63, 3.8) is 0 Å². The van der Waals surface area contributed by atoms with Crippen LogP contribution in [0.15, 0.2) is 11.0 Å². The number of carbonyl (C=O) groups excluding carboxylic acids is 1. The van der Waals surface area contributed by atoms with Gasteiger partial charge in [-0.25, -0.2) is 16.7 Å². The first-order valence-electron chi connectivity index (χ1n) is 3.26. The molecule has 0 unspecified atom stereocenters. The summed E-state index contributed by atoms with van der Waals surface area (Å²) in [6.45, 7) is 0. The lowest BCUT2D eigenvalue weighted by Crippen LogP contribution is -2.35. The maximum atomic E-state index is 11.1. The number of nitrogens with two attached hydrogens (primary N) is 2. The van der Waals surface area contributed by atoms with Crippen LogP contribution in [-0.2, 0) is 0 Å². The van der Waals surface area contributed by atoms with Crippen LogP contribution >= 0.6 is 0 Å². The largest absolute Gasteiger partial charge is 0.294 e. The van der Waals surface area contributed by atoms with E-state index in [-0.39, 0.29) is 11.5 Å². The average Bonchev–Trinajstić information content (AvgIpc) is 2.16. The molecule has 70 valence electrons. The van der Waals surface area contributed by atoms with Crippen molar-refractivity contribution in [2.45, 2.75) is 0 Å². The first-order chi connectivity index (χ1) is 6.19. The molecule has 8 heteroatoms. The molecule has 0 saturated heterocycles. The highest BCUT2D eigenvalue weighted by Gasteiger charge is 2.09. The minimum atomic E-state index is -0.711. The van der Waals surface area contributed by atoms with Gasteiger partial charge in [0.05, 0.1) is 0 Å². The van der Waals surface area contributed by atoms with Crippen LogP contribution in [0, 0.1) is 0 Å². The van der Waals surface area contributed by atoms with E-state index in [1.54, 1.807) is 0 Å². The highest BCUT2D eigenvalue weighted by atomic mass is 16.2. The molecule has 0 saturated carbocycles. The van der Waals surface area contributed by atoms with Gasteiger partial charge in [-0.05, 0) is 0 Å². The Morgan fingerprint density at radius 3 is 2.69 bits per heavy atom. The number of carbonyl (C=O) groups is 1. The van der Waals surface area contributed by atoms with Crippen LogP contribution in [0.3, 0.4) is 0 Å². The van der Waals surface area contributed by atoms with Gasteiger partial charge in [0.1, 0.15) is 5.56 Å². The van der Waals surface area contributed by atoms with Gasteiger partial charge >= 0.3 is 0 Å². The zero-order chi connectivity index (χ0) is 9.84. The van der Waals surface area contributed by atoms with E-state index in [2.05, 4.69) is 15.4 Å². The maximum absolute atomic E-state index is 11.1. The molecule has 0 bridgehead atoms. The Bertz CT molecular complexity index is 372. The van der Waals surface area contributed by atoms with Crippen LogP contribution in [0.2, 0.25) is 0 Å². The number of nitrogens with zero attached hydrogens (tertiary/aromatic N) is 1. The van der Waals surface area contributed by atoms with Crippen LogP contribution < -0.4 is 28.1 Å². The van der Waals surface area contributed by atoms with Gasteiger partial charge in [-0.1, -0.05) is 0 Å². The summed E-state index contributed by atoms with van der Waals surface area (Å²) < 4.78 is 0. The van der Waals surface area contributed by atoms with Crippen LogP contribution in [0.25, 0.3) is 0 Å². The quantitative estimate of drug-likeness (QED) is 0.198. The lowest BCUT2D eigenvalue weighted by Gasteiger charge is -2.00. The van der Waals surface area contributed by atoms with E-state index in [1.165, 1.54) is 0 Å². The minimum absolute atomic E-state index is 0.0681. The number of hydrazine groups is 2. The molecule has 1 rings (SSSR count). The van der Waals surface area contributed by atoms with Crippen molar-refractivity contribution in [3.05, 3.63) is 22.1 Å². The molecule has 0 spiro atoms. The topological polar surface area (TPSA) is 139 Å². The Hall–Kier alpha value is -1.93. The lowest BCUT2D eigenvalue weighted by atomic mass is 10.3. The predicted octanol–water partition coefficient (Wildman–Crippen LogP) is -2.34. The van der Waals surface area contributed by atoms with Crippen molar-refractivity contribution in [1.82, 2.24) is 15.4 Å². The predicted molar refractivity (Wildman–Crippen MR) is 44.3 cm³/mol. The Morgan fingerprint density at radius 1 is 1.54 bits per heavy atom. The van der Waals surface area contributed by atoms with Crippen molar-refractivity contribution >= 4 is 11.9 Å². The zero-order valence-electron chi connectivity index (χ0n) is 6.50. The molecule has 1 amide bonds. The van der Waals surface area contributed by atoms with E-state index in [9.17, 15) is 9.59 Å². The molecule has 0 radical (unpaired) electrons. The standard InChI is InChI=1S/C5H8N6O2/c6-10-4(13)2-1-8-5(11-7)9-3(2)12/h1H,6-7H2,(H,10,13)(H2,8,9,11,12). The molecule has 8 nitrogen and oxygen atoms in total. The molecule has 0 atom stereocenters. The molecular weight excluding hydrogens is 176 g/mol. The molecule has 1 aromatic heterocycles. The van der Waals surface area contributed by atoms with E-state index in [0.29, 0.717) is 0 Å². The van der Waals surface area contributed by atoms with Gasteiger partial charge in [-0.2, -0.15) is 0 Å². The Morgan fingerprint density at radius 2 is 2.23 bits per heavy atom. The van der Waals surface area contributed by atoms with Crippen LogP contribution in [0.1, 0.15) is 10.4 Å². The second-order valence-electron chi connectivity index (χ2n) is 2.09. The second kappa shape index (κ2) is 3.65. The molecule has 13 heavy (non-hydrogen) atoms. The summed E-state index contributed by atoms with van der Waals surface area (Å²) in [5.74, 6) is 9.15. The number of H-pyrrole nitrogens is 1. The van der Waals surface area contributed by atoms with E-state index in [0.717, 1.165) is 6.20 Å². The molecule has 0 fully saturated rings. The van der Waals surface area contributed by atoms with E-state index in [4.69, 9.17) is 11.7 Å². The molecule has 7 N–H and O–H groups in total. The second-order valence-corrected chi connectivity index (χ2v) is 2.09. The Labute approximate surface area is 72.3 Å². The number of rotatable bonds is 2. The maximum Gasteiger partial charge on any atom is 0.272 e. The Kier molecular flexibility index (Phi) is 2.57. The highest BCUT2D eigenvalue weighted by molar-refractivity contribution is 5.93. The summed E-state index contributed by atoms with van der Waals surface area (Å²) >= 11 is 0. The third-order valence-electron chi connectivity index (χ3n) is 1.31. The summed E-state index contributed by atoms with van der Waals surface area (Å²) in [6.07, 6.45) is 1.07. The summed E-state index contributed by atoms with van der Waals surface area (Å²) in [7, 11) is 0. The number of hydrogen-bond acceptors (Lipinski definition) is 6. The summed E-state index contributed by atoms with van der Waals surface area (Å²) in [5, 5.41) is 0. The molecule has 0 aliphatic heterocycles. The van der Waals surface area contributed by atoms with Crippen molar-refractivity contribution in [2.24, 2.45) is 11.7 Å². The van der Waals surface area contributed by atoms with Crippen LogP contribution in [0.5, 0.6) is 0 Å². The Balaban J connectivity index is 3.13. The summed E-state index contributed by atoms with van der Waals surface area (Å²) in [4.78, 5) is 27.8.